The van der Waals surface area contributed by atoms with Gasteiger partial charge in [0.05, 0.1) is 26.2 Å². The molecule has 4 unspecified atom stereocenters. The molecule has 41 heavy (non-hydrogen) atoms. The summed E-state index contributed by atoms with van der Waals surface area (Å²) in [5, 5.41) is 19.4. The van der Waals surface area contributed by atoms with Crippen LogP contribution < -0.4 is 5.73 Å². The van der Waals surface area contributed by atoms with Crippen LogP contribution >= 0.6 is 16.5 Å². The Morgan fingerprint density at radius 2 is 1.93 bits per heavy atom. The molecule has 0 spiro atoms. The number of hydrogen-bond acceptors (Lipinski definition) is 15. The summed E-state index contributed by atoms with van der Waals surface area (Å²) in [5.74, 6) is 0.200. The maximum atomic E-state index is 11.9. The van der Waals surface area contributed by atoms with Gasteiger partial charge in [0.1, 0.15) is 55.7 Å². The number of imidazole rings is 1. The third-order valence-electron chi connectivity index (χ3n) is 6.19. The van der Waals surface area contributed by atoms with E-state index in [0.717, 1.165) is 25.7 Å². The van der Waals surface area contributed by atoms with Gasteiger partial charge in [0.2, 0.25) is 0 Å². The number of rotatable bonds is 18. The van der Waals surface area contributed by atoms with Crippen LogP contribution in [0, 0.1) is 0 Å². The lowest BCUT2D eigenvalue weighted by molar-refractivity contribution is -0.0761. The van der Waals surface area contributed by atoms with Crippen LogP contribution in [0.5, 0.6) is 0 Å². The van der Waals surface area contributed by atoms with Gasteiger partial charge in [0, 0.05) is 15.7 Å². The van der Waals surface area contributed by atoms with Crippen molar-refractivity contribution in [1.82, 2.24) is 34.5 Å². The van der Waals surface area contributed by atoms with Crippen LogP contribution in [0.1, 0.15) is 44.5 Å². The Bertz CT molecular complexity index is 1290. The number of unbranched alkanes of at least 4 members (excludes halogenated alkanes) is 3. The number of hydrogen-bond donors (Lipinski definition) is 2. The summed E-state index contributed by atoms with van der Waals surface area (Å²) in [4.78, 5) is 12.5. The van der Waals surface area contributed by atoms with Crippen molar-refractivity contribution in [3.63, 3.8) is 0 Å². The zero-order valence-electron chi connectivity index (χ0n) is 22.7. The molecule has 4 rings (SSSR count). The van der Waals surface area contributed by atoms with E-state index in [9.17, 15) is 14.2 Å². The molecule has 1 aliphatic rings. The molecule has 0 radical (unpaired) electrons. The van der Waals surface area contributed by atoms with E-state index in [1.165, 1.54) is 19.8 Å². The van der Waals surface area contributed by atoms with Crippen LogP contribution in [-0.4, -0.2) is 84.9 Å². The number of aromatic nitrogens is 7. The van der Waals surface area contributed by atoms with E-state index < -0.39 is 41.0 Å². The topological polar surface area (TPSA) is 210 Å². The minimum Gasteiger partial charge on any atom is -0.387 e. The Morgan fingerprint density at radius 3 is 2.73 bits per heavy atom. The summed E-state index contributed by atoms with van der Waals surface area (Å²) in [6, 6.07) is 0. The maximum absolute atomic E-state index is 11.9. The molecule has 3 aromatic heterocycles. The Labute approximate surface area is 237 Å². The summed E-state index contributed by atoms with van der Waals surface area (Å²) >= 11 is 0. The molecule has 0 aliphatic carbocycles. The van der Waals surface area contributed by atoms with Gasteiger partial charge in [0.25, 0.3) is 0 Å². The number of fused-ring (bicyclic) bond motifs is 1. The molecule has 3 aromatic rings. The van der Waals surface area contributed by atoms with E-state index in [2.05, 4.69) is 29.8 Å². The standard InChI is InChI=1S/C22H34N8O9P2/c1-3-36-41(33)38-12-16-18(31)19(22(39-16)30-14-26-17-20(23)24-13-25-21(17)30)35-11-15-10-29(28-27-15)8-6-4-5-7-9-37-40(32)34-2/h10,13-14,16,18-19,22,31H,3-9,11-12H2,1-2H3,(H2,23,24,25)/q+2/t16-,18?,19?,22-/m1/s1. The van der Waals surface area contributed by atoms with E-state index in [1.54, 1.807) is 22.4 Å². The molecule has 3 N–H and O–H groups in total. The van der Waals surface area contributed by atoms with Crippen molar-refractivity contribution >= 4 is 33.5 Å². The first-order chi connectivity index (χ1) is 19.9. The first kappa shape index (κ1) is 31.3. The van der Waals surface area contributed by atoms with E-state index in [0.29, 0.717) is 30.0 Å². The van der Waals surface area contributed by atoms with Crippen LogP contribution in [0.15, 0.2) is 18.9 Å². The average Bonchev–Trinajstić information content (AvgIpc) is 3.68. The quantitative estimate of drug-likeness (QED) is 0.155. The van der Waals surface area contributed by atoms with Gasteiger partial charge < -0.3 is 20.3 Å². The Balaban J connectivity index is 1.34. The average molecular weight is 617 g/mol. The van der Waals surface area contributed by atoms with Crippen LogP contribution in [-0.2, 0) is 49.9 Å². The van der Waals surface area contributed by atoms with E-state index in [1.807, 2.05) is 0 Å². The summed E-state index contributed by atoms with van der Waals surface area (Å²) in [6.07, 6.45) is 4.31. The van der Waals surface area contributed by atoms with Gasteiger partial charge >= 0.3 is 16.5 Å². The number of aliphatic hydroxyl groups is 1. The van der Waals surface area contributed by atoms with Gasteiger partial charge in [0.15, 0.2) is 17.7 Å². The Kier molecular flexibility index (Phi) is 11.9. The molecule has 0 bridgehead atoms. The summed E-state index contributed by atoms with van der Waals surface area (Å²) in [6.45, 7) is 2.81. The zero-order valence-corrected chi connectivity index (χ0v) is 24.5. The van der Waals surface area contributed by atoms with Gasteiger partial charge in [-0.3, -0.25) is 9.25 Å². The molecule has 1 aliphatic heterocycles. The fourth-order valence-corrected chi connectivity index (χ4v) is 5.15. The van der Waals surface area contributed by atoms with E-state index in [4.69, 9.17) is 28.8 Å². The van der Waals surface area contributed by atoms with Gasteiger partial charge in [-0.15, -0.1) is 23.2 Å². The number of nitrogens with zero attached hydrogens (tertiary/aromatic N) is 7. The molecular formula is C22H34N8O9P2+2. The van der Waals surface area contributed by atoms with Crippen LogP contribution in [0.3, 0.4) is 0 Å². The molecule has 1 saturated heterocycles. The molecule has 0 amide bonds. The van der Waals surface area contributed by atoms with Crippen molar-refractivity contribution in [2.24, 2.45) is 0 Å². The highest BCUT2D eigenvalue weighted by molar-refractivity contribution is 7.33. The first-order valence-electron chi connectivity index (χ1n) is 13.1. The Hall–Kier alpha value is -2.59. The van der Waals surface area contributed by atoms with E-state index >= 15 is 0 Å². The molecule has 6 atom stereocenters. The molecule has 17 nitrogen and oxygen atoms in total. The maximum Gasteiger partial charge on any atom is 0.697 e. The van der Waals surface area contributed by atoms with Crippen molar-refractivity contribution in [3.05, 3.63) is 24.5 Å². The second kappa shape index (κ2) is 15.6. The molecule has 4 heterocycles. The smallest absolute Gasteiger partial charge is 0.387 e. The third kappa shape index (κ3) is 8.47. The molecule has 224 valence electrons. The van der Waals surface area contributed by atoms with Gasteiger partial charge in [-0.25, -0.2) is 15.0 Å². The normalized spacial score (nSPS) is 21.5. The van der Waals surface area contributed by atoms with Crippen molar-refractivity contribution < 1.29 is 41.8 Å². The minimum atomic E-state index is -2.36. The highest BCUT2D eigenvalue weighted by Crippen LogP contribution is 2.36. The lowest BCUT2D eigenvalue weighted by Crippen LogP contribution is -2.35. The van der Waals surface area contributed by atoms with Crippen molar-refractivity contribution in [2.45, 2.75) is 70.3 Å². The summed E-state index contributed by atoms with van der Waals surface area (Å²) in [5.41, 5.74) is 7.27. The largest absolute Gasteiger partial charge is 0.697 e. The first-order valence-corrected chi connectivity index (χ1v) is 15.2. The van der Waals surface area contributed by atoms with Crippen molar-refractivity contribution in [2.75, 3.05) is 32.7 Å². The zero-order chi connectivity index (χ0) is 29.2. The number of nitrogens with two attached hydrogens (primary N) is 1. The third-order valence-corrected chi connectivity index (χ3v) is 7.71. The van der Waals surface area contributed by atoms with Gasteiger partial charge in [-0.05, 0) is 19.8 Å². The molecule has 0 aromatic carbocycles. The Morgan fingerprint density at radius 1 is 1.10 bits per heavy atom. The summed E-state index contributed by atoms with van der Waals surface area (Å²) < 4.78 is 58.2. The highest BCUT2D eigenvalue weighted by atomic mass is 31.1. The molecule has 19 heteroatoms. The van der Waals surface area contributed by atoms with Crippen LogP contribution in [0.4, 0.5) is 5.82 Å². The predicted octanol–water partition coefficient (Wildman–Crippen LogP) is 2.44. The lowest BCUT2D eigenvalue weighted by Gasteiger charge is -2.21. The van der Waals surface area contributed by atoms with Crippen molar-refractivity contribution in [3.8, 4) is 0 Å². The minimum absolute atomic E-state index is 0.0428. The second-order valence-electron chi connectivity index (χ2n) is 8.98. The van der Waals surface area contributed by atoms with Gasteiger partial charge in [-0.1, -0.05) is 18.1 Å². The molecule has 0 saturated carbocycles. The second-order valence-corrected chi connectivity index (χ2v) is 11.0. The monoisotopic (exact) mass is 616 g/mol. The van der Waals surface area contributed by atoms with E-state index in [-0.39, 0.29) is 25.6 Å². The number of aliphatic hydroxyl groups excluding tert-OH is 1. The number of anilines is 1. The molecular weight excluding hydrogens is 582 g/mol. The van der Waals surface area contributed by atoms with Crippen LogP contribution in [0.25, 0.3) is 11.2 Å². The number of nitrogen functional groups attached to an aromatic ring is 1. The highest BCUT2D eigenvalue weighted by Gasteiger charge is 2.47. The fraction of sp³-hybridized carbons (Fsp3) is 0.682. The summed E-state index contributed by atoms with van der Waals surface area (Å²) in [7, 11) is -3.04. The number of aryl methyl sites for hydroxylation is 1. The van der Waals surface area contributed by atoms with Crippen LogP contribution in [0.2, 0.25) is 0 Å². The SMILES string of the molecule is CCO[P+](=O)OC[C@H]1O[C@@H](n2cnc3c(N)ncnc32)C(OCc2cn(CCCCCCO[P+](=O)OC)nn2)C1O. The lowest BCUT2D eigenvalue weighted by atomic mass is 10.1. The molecule has 1 fully saturated rings. The van der Waals surface area contributed by atoms with Gasteiger partial charge in [-0.2, -0.15) is 0 Å². The number of ether oxygens (including phenoxy) is 2. The predicted molar refractivity (Wildman–Crippen MR) is 142 cm³/mol. The fourth-order valence-electron chi connectivity index (χ4n) is 4.21. The van der Waals surface area contributed by atoms with Crippen molar-refractivity contribution in [1.29, 1.82) is 0 Å².